The lowest BCUT2D eigenvalue weighted by Crippen LogP contribution is -2.39. The monoisotopic (exact) mass is 498 g/mol. The molecule has 2 aromatic carbocycles. The Bertz CT molecular complexity index is 1510. The summed E-state index contributed by atoms with van der Waals surface area (Å²) >= 11 is 6.13. The first-order valence-electron chi connectivity index (χ1n) is 11.6. The highest BCUT2D eigenvalue weighted by molar-refractivity contribution is 6.44. The second-order valence-electron chi connectivity index (χ2n) is 8.53. The molecular weight excluding hydrogens is 476 g/mol. The van der Waals surface area contributed by atoms with Gasteiger partial charge in [-0.15, -0.1) is 0 Å². The molecule has 2 aromatic heterocycles. The Kier molecular flexibility index (Phi) is 6.16. The third-order valence-electron chi connectivity index (χ3n) is 6.21. The van der Waals surface area contributed by atoms with Crippen molar-refractivity contribution in [3.63, 3.8) is 0 Å². The summed E-state index contributed by atoms with van der Waals surface area (Å²) in [6.07, 6.45) is 4.31. The number of carbonyl (C=O) groups excluding carboxylic acids is 2. The summed E-state index contributed by atoms with van der Waals surface area (Å²) in [5.41, 5.74) is 2.99. The van der Waals surface area contributed by atoms with Crippen molar-refractivity contribution in [2.24, 2.45) is 0 Å². The van der Waals surface area contributed by atoms with Gasteiger partial charge >= 0.3 is 5.91 Å². The van der Waals surface area contributed by atoms with Gasteiger partial charge in [0.05, 0.1) is 17.9 Å². The third-order valence-corrected chi connectivity index (χ3v) is 6.45. The fourth-order valence-corrected chi connectivity index (χ4v) is 4.54. The predicted octanol–water partition coefficient (Wildman–Crippen LogP) is 3.69. The van der Waals surface area contributed by atoms with Crippen molar-refractivity contribution in [1.82, 2.24) is 14.7 Å². The van der Waals surface area contributed by atoms with E-state index in [1.54, 1.807) is 48.1 Å². The fraction of sp³-hybridized carbons (Fsp3) is 0.143. The normalized spacial score (nSPS) is 13.7. The minimum Gasteiger partial charge on any atom is -0.858 e. The number of hydrogen-bond donors (Lipinski definition) is 0. The van der Waals surface area contributed by atoms with Crippen molar-refractivity contribution < 1.29 is 19.3 Å². The zero-order chi connectivity index (χ0) is 25.4. The summed E-state index contributed by atoms with van der Waals surface area (Å²) in [5.74, 6) is -1.49. The Hall–Kier alpha value is -4.23. The molecule has 0 saturated heterocycles. The van der Waals surface area contributed by atoms with Gasteiger partial charge in [0, 0.05) is 22.7 Å². The Balaban J connectivity index is 1.68. The van der Waals surface area contributed by atoms with Crippen LogP contribution in [0, 0.1) is 6.92 Å². The van der Waals surface area contributed by atoms with Crippen LogP contribution in [0.25, 0.3) is 17.0 Å². The average Bonchev–Trinajstić information content (AvgIpc) is 3.31. The number of aromatic nitrogens is 3. The number of halogens is 1. The highest BCUT2D eigenvalue weighted by Gasteiger charge is 2.46. The Morgan fingerprint density at radius 3 is 2.33 bits per heavy atom. The quantitative estimate of drug-likeness (QED) is 0.300. The topological polar surface area (TPSA) is 82.1 Å². The van der Waals surface area contributed by atoms with Crippen molar-refractivity contribution in [2.75, 3.05) is 0 Å². The Labute approximate surface area is 213 Å². The number of pyridine rings is 1. The van der Waals surface area contributed by atoms with Crippen molar-refractivity contribution >= 4 is 34.7 Å². The van der Waals surface area contributed by atoms with E-state index in [0.717, 1.165) is 17.5 Å². The Morgan fingerprint density at radius 2 is 1.67 bits per heavy atom. The van der Waals surface area contributed by atoms with Crippen LogP contribution in [-0.2, 0) is 22.6 Å². The molecule has 4 aromatic rings. The van der Waals surface area contributed by atoms with E-state index in [9.17, 15) is 14.7 Å². The van der Waals surface area contributed by atoms with E-state index in [-0.39, 0.29) is 23.4 Å². The molecule has 0 atom stereocenters. The molecule has 1 aliphatic heterocycles. The van der Waals surface area contributed by atoms with Gasteiger partial charge in [-0.05, 0) is 48.6 Å². The third kappa shape index (κ3) is 4.07. The molecule has 0 radical (unpaired) electrons. The molecule has 0 unspecified atom stereocenters. The molecule has 8 heteroatoms. The van der Waals surface area contributed by atoms with Crippen LogP contribution >= 0.6 is 11.6 Å². The van der Waals surface area contributed by atoms with E-state index in [2.05, 4.69) is 5.10 Å². The molecule has 2 amide bonds. The number of imide groups is 1. The summed E-state index contributed by atoms with van der Waals surface area (Å²) < 4.78 is 2.82. The molecule has 0 N–H and O–H groups in total. The lowest BCUT2D eigenvalue weighted by Gasteiger charge is -2.15. The average molecular weight is 499 g/mol. The molecule has 0 spiro atoms. The molecule has 7 nitrogen and oxygen atoms in total. The van der Waals surface area contributed by atoms with Crippen LogP contribution in [0.15, 0.2) is 79.1 Å². The van der Waals surface area contributed by atoms with E-state index in [4.69, 9.17) is 11.6 Å². The van der Waals surface area contributed by atoms with Gasteiger partial charge in [-0.2, -0.15) is 9.67 Å². The van der Waals surface area contributed by atoms with Crippen LogP contribution in [0.4, 0.5) is 0 Å². The van der Waals surface area contributed by atoms with E-state index < -0.39 is 17.7 Å². The molecule has 0 fully saturated rings. The SMILES string of the molecule is CCc1cc[n+](C2=C(c3c(C)nn(-c4cccc(Cl)c4)c3[O-])C(=O)N(Cc3ccccc3)C2=O)cc1. The van der Waals surface area contributed by atoms with Gasteiger partial charge in [-0.25, -0.2) is 4.68 Å². The maximum Gasteiger partial charge on any atom is 0.327 e. The predicted molar refractivity (Wildman–Crippen MR) is 134 cm³/mol. The maximum atomic E-state index is 13.8. The maximum absolute atomic E-state index is 13.8. The van der Waals surface area contributed by atoms with E-state index >= 15 is 0 Å². The molecule has 3 heterocycles. The first-order chi connectivity index (χ1) is 17.4. The standard InChI is InChI=1S/C28H23ClN4O3/c1-3-19-12-14-31(15-13-19)25-24(26(34)32(28(25)36)17-20-8-5-4-6-9-20)23-18(2)30-33(27(23)35)22-11-7-10-21(29)16-22/h4-16H,3,17H2,1-2H3. The number of aryl methyl sites for hydroxylation is 2. The van der Waals surface area contributed by atoms with Gasteiger partial charge in [0.25, 0.3) is 11.6 Å². The van der Waals surface area contributed by atoms with Crippen LogP contribution in [-0.4, -0.2) is 26.5 Å². The molecule has 180 valence electrons. The van der Waals surface area contributed by atoms with Crippen molar-refractivity contribution in [3.8, 4) is 11.6 Å². The number of amides is 2. The van der Waals surface area contributed by atoms with Crippen molar-refractivity contribution in [1.29, 1.82) is 0 Å². The molecule has 5 rings (SSSR count). The van der Waals surface area contributed by atoms with Crippen LogP contribution in [0.2, 0.25) is 5.02 Å². The first-order valence-corrected chi connectivity index (χ1v) is 11.9. The zero-order valence-electron chi connectivity index (χ0n) is 19.8. The zero-order valence-corrected chi connectivity index (χ0v) is 20.6. The largest absolute Gasteiger partial charge is 0.858 e. The van der Waals surface area contributed by atoms with Gasteiger partial charge in [-0.3, -0.25) is 14.5 Å². The number of nitrogens with zero attached hydrogens (tertiary/aromatic N) is 4. The van der Waals surface area contributed by atoms with Crippen LogP contribution in [0.3, 0.4) is 0 Å². The second kappa shape index (κ2) is 9.43. The summed E-state index contributed by atoms with van der Waals surface area (Å²) in [7, 11) is 0. The fourth-order valence-electron chi connectivity index (χ4n) is 4.36. The lowest BCUT2D eigenvalue weighted by atomic mass is 10.0. The summed E-state index contributed by atoms with van der Waals surface area (Å²) in [4.78, 5) is 28.6. The molecular formula is C28H23ClN4O3. The van der Waals surface area contributed by atoms with Crippen molar-refractivity contribution in [3.05, 3.63) is 107 Å². The first kappa shape index (κ1) is 23.5. The minimum absolute atomic E-state index is 0.0426. The molecule has 1 aliphatic rings. The number of hydrogen-bond acceptors (Lipinski definition) is 4. The molecule has 0 aliphatic carbocycles. The van der Waals surface area contributed by atoms with Crippen LogP contribution in [0.5, 0.6) is 5.88 Å². The highest BCUT2D eigenvalue weighted by atomic mass is 35.5. The second-order valence-corrected chi connectivity index (χ2v) is 8.97. The Morgan fingerprint density at radius 1 is 0.944 bits per heavy atom. The molecule has 0 bridgehead atoms. The van der Waals surface area contributed by atoms with E-state index in [1.165, 1.54) is 9.58 Å². The minimum atomic E-state index is -0.531. The van der Waals surface area contributed by atoms with Gasteiger partial charge < -0.3 is 5.11 Å². The summed E-state index contributed by atoms with van der Waals surface area (Å²) in [5, 5.41) is 18.5. The summed E-state index contributed by atoms with van der Waals surface area (Å²) in [6.45, 7) is 3.78. The number of benzene rings is 2. The van der Waals surface area contributed by atoms with E-state index in [1.807, 2.05) is 49.4 Å². The van der Waals surface area contributed by atoms with Crippen LogP contribution < -0.4 is 9.67 Å². The number of carbonyl (C=O) groups is 2. The summed E-state index contributed by atoms with van der Waals surface area (Å²) in [6, 6.07) is 19.8. The van der Waals surface area contributed by atoms with Crippen molar-refractivity contribution in [2.45, 2.75) is 26.8 Å². The number of rotatable bonds is 6. The van der Waals surface area contributed by atoms with Gasteiger partial charge in [0.15, 0.2) is 12.4 Å². The van der Waals surface area contributed by atoms with Crippen LogP contribution in [0.1, 0.15) is 29.3 Å². The molecule has 36 heavy (non-hydrogen) atoms. The van der Waals surface area contributed by atoms with Gasteiger partial charge in [0.1, 0.15) is 5.57 Å². The van der Waals surface area contributed by atoms with Gasteiger partial charge in [0.2, 0.25) is 0 Å². The highest BCUT2D eigenvalue weighted by Crippen LogP contribution is 2.37. The molecule has 0 saturated carbocycles. The van der Waals surface area contributed by atoms with Gasteiger partial charge in [-0.1, -0.05) is 54.9 Å². The van der Waals surface area contributed by atoms with E-state index in [0.29, 0.717) is 16.4 Å². The lowest BCUT2D eigenvalue weighted by molar-refractivity contribution is -0.577. The smallest absolute Gasteiger partial charge is 0.327 e.